The maximum Gasteiger partial charge on any atom is 0.243 e. The second kappa shape index (κ2) is 7.69. The smallest absolute Gasteiger partial charge is 0.243 e. The number of rotatable bonds is 2. The zero-order valence-corrected chi connectivity index (χ0v) is 17.5. The number of nitrogens with one attached hydrogen (secondary N) is 2. The van der Waals surface area contributed by atoms with Crippen molar-refractivity contribution in [2.45, 2.75) is 30.8 Å². The molecule has 2 atom stereocenters. The van der Waals surface area contributed by atoms with Crippen LogP contribution in [-0.4, -0.2) is 28.1 Å². The van der Waals surface area contributed by atoms with Crippen LogP contribution in [0.5, 0.6) is 0 Å². The Kier molecular flexibility index (Phi) is 5.38. The van der Waals surface area contributed by atoms with Crippen molar-refractivity contribution in [3.05, 3.63) is 69.7 Å². The molecule has 2 amide bonds. The molecule has 2 aromatic rings. The van der Waals surface area contributed by atoms with Gasteiger partial charge in [-0.05, 0) is 48.3 Å². The Morgan fingerprint density at radius 3 is 1.69 bits per heavy atom. The number of aliphatic hydroxyl groups is 1. The molecule has 3 N–H and O–H groups in total. The summed E-state index contributed by atoms with van der Waals surface area (Å²) in [5.74, 6) is -2.34. The average Bonchev–Trinajstić information content (AvgIpc) is 2.67. The van der Waals surface area contributed by atoms with Gasteiger partial charge in [-0.2, -0.15) is 0 Å². The molecule has 4 rings (SSSR count). The molecule has 0 aromatic heterocycles. The van der Waals surface area contributed by atoms with Crippen LogP contribution in [0.3, 0.4) is 0 Å². The molecule has 2 fully saturated rings. The topological polar surface area (TPSA) is 78.4 Å². The number of carbonyl (C=O) groups excluding carboxylic acids is 2. The van der Waals surface area contributed by atoms with Gasteiger partial charge in [-0.25, -0.2) is 0 Å². The molecule has 8 heteroatoms. The summed E-state index contributed by atoms with van der Waals surface area (Å²) in [4.78, 5) is 26.9. The van der Waals surface area contributed by atoms with Crippen LogP contribution in [-0.2, 0) is 9.59 Å². The van der Waals surface area contributed by atoms with Crippen molar-refractivity contribution in [1.29, 1.82) is 0 Å². The summed E-state index contributed by atoms with van der Waals surface area (Å²) < 4.78 is 0. The van der Waals surface area contributed by atoms with Gasteiger partial charge < -0.3 is 15.7 Å². The minimum Gasteiger partial charge on any atom is -0.393 e. The molecular formula is C21H18Cl2N2O3S. The Morgan fingerprint density at radius 1 is 0.862 bits per heavy atom. The first-order valence-corrected chi connectivity index (χ1v) is 10.4. The second-order valence-electron chi connectivity index (χ2n) is 7.38. The van der Waals surface area contributed by atoms with Crippen LogP contribution >= 0.6 is 35.4 Å². The molecule has 150 valence electrons. The van der Waals surface area contributed by atoms with Crippen molar-refractivity contribution < 1.29 is 14.7 Å². The van der Waals surface area contributed by atoms with Crippen LogP contribution in [0.4, 0.5) is 0 Å². The minimum absolute atomic E-state index is 0.0347. The average molecular weight is 449 g/mol. The largest absolute Gasteiger partial charge is 0.393 e. The van der Waals surface area contributed by atoms with Gasteiger partial charge in [0.25, 0.3) is 0 Å². The van der Waals surface area contributed by atoms with Gasteiger partial charge in [0, 0.05) is 21.9 Å². The Bertz CT molecular complexity index is 935. The summed E-state index contributed by atoms with van der Waals surface area (Å²) in [7, 11) is 0. The third-order valence-electron chi connectivity index (χ3n) is 5.88. The standard InChI is InChI=1S/C21H18Cl2N2O3S/c22-16-7-3-1-5-12(16)14-9-11(26)10-15(13-6-2-4-8-17(13)23)21(14)18(27)24-20(29)25-19(21)28/h1-8,11,14-15,26H,9-10H2,(H2,24,25,27,28,29)/t14-,15-/m0/s1. The lowest BCUT2D eigenvalue weighted by Crippen LogP contribution is -2.67. The number of halogens is 2. The maximum atomic E-state index is 13.5. The minimum atomic E-state index is -1.56. The molecular weight excluding hydrogens is 431 g/mol. The normalized spacial score (nSPS) is 26.2. The van der Waals surface area contributed by atoms with Crippen molar-refractivity contribution >= 4 is 52.3 Å². The molecule has 2 aliphatic rings. The summed E-state index contributed by atoms with van der Waals surface area (Å²) in [6.07, 6.45) is -0.325. The highest BCUT2D eigenvalue weighted by Crippen LogP contribution is 2.57. The Labute approximate surface area is 183 Å². The first kappa shape index (κ1) is 20.3. The fourth-order valence-electron chi connectivity index (χ4n) is 4.70. The highest BCUT2D eigenvalue weighted by molar-refractivity contribution is 7.80. The van der Waals surface area contributed by atoms with Crippen LogP contribution in [0.2, 0.25) is 10.0 Å². The van der Waals surface area contributed by atoms with Crippen molar-refractivity contribution in [3.8, 4) is 0 Å². The van der Waals surface area contributed by atoms with E-state index >= 15 is 0 Å². The molecule has 0 unspecified atom stereocenters. The van der Waals surface area contributed by atoms with Crippen LogP contribution in [0.1, 0.15) is 35.8 Å². The molecule has 1 saturated carbocycles. The highest BCUT2D eigenvalue weighted by atomic mass is 35.5. The van der Waals surface area contributed by atoms with Gasteiger partial charge in [0.15, 0.2) is 5.11 Å². The SMILES string of the molecule is O=C1NC(=S)NC(=O)C12[C@H](c1ccccc1Cl)CC(O)C[C@H]2c1ccccc1Cl. The Morgan fingerprint density at radius 2 is 1.28 bits per heavy atom. The number of hydrogen-bond donors (Lipinski definition) is 3. The lowest BCUT2D eigenvalue weighted by atomic mass is 9.54. The van der Waals surface area contributed by atoms with Gasteiger partial charge in [-0.1, -0.05) is 59.6 Å². The van der Waals surface area contributed by atoms with E-state index in [0.717, 1.165) is 0 Å². The predicted molar refractivity (Wildman–Crippen MR) is 115 cm³/mol. The van der Waals surface area contributed by atoms with Crippen LogP contribution < -0.4 is 10.6 Å². The molecule has 29 heavy (non-hydrogen) atoms. The van der Waals surface area contributed by atoms with Gasteiger partial charge in [0.05, 0.1) is 6.10 Å². The van der Waals surface area contributed by atoms with Crippen molar-refractivity contribution in [1.82, 2.24) is 10.6 Å². The molecule has 0 bridgehead atoms. The van der Waals surface area contributed by atoms with E-state index in [0.29, 0.717) is 21.2 Å². The molecule has 1 saturated heterocycles. The van der Waals surface area contributed by atoms with Crippen molar-refractivity contribution in [2.75, 3.05) is 0 Å². The van der Waals surface area contributed by atoms with Crippen LogP contribution in [0.25, 0.3) is 0 Å². The molecule has 0 radical (unpaired) electrons. The highest BCUT2D eigenvalue weighted by Gasteiger charge is 2.63. The van der Waals surface area contributed by atoms with E-state index in [1.807, 2.05) is 0 Å². The van der Waals surface area contributed by atoms with Crippen molar-refractivity contribution in [2.24, 2.45) is 5.41 Å². The monoisotopic (exact) mass is 448 g/mol. The number of benzene rings is 2. The van der Waals surface area contributed by atoms with Crippen LogP contribution in [0.15, 0.2) is 48.5 Å². The molecule has 1 heterocycles. The fraction of sp³-hybridized carbons (Fsp3) is 0.286. The number of hydrogen-bond acceptors (Lipinski definition) is 4. The van der Waals surface area contributed by atoms with Crippen molar-refractivity contribution in [3.63, 3.8) is 0 Å². The molecule has 5 nitrogen and oxygen atoms in total. The van der Waals surface area contributed by atoms with Crippen LogP contribution in [0, 0.1) is 5.41 Å². The van der Waals surface area contributed by atoms with Gasteiger partial charge >= 0.3 is 0 Å². The van der Waals surface area contributed by atoms with E-state index in [9.17, 15) is 14.7 Å². The Balaban J connectivity index is 1.99. The molecule has 1 aliphatic heterocycles. The third kappa shape index (κ3) is 3.24. The number of aliphatic hydroxyl groups excluding tert-OH is 1. The van der Waals surface area contributed by atoms with Gasteiger partial charge in [0.1, 0.15) is 5.41 Å². The maximum absolute atomic E-state index is 13.5. The van der Waals surface area contributed by atoms with E-state index in [2.05, 4.69) is 10.6 Å². The quantitative estimate of drug-likeness (QED) is 0.484. The molecule has 2 aromatic carbocycles. The molecule has 1 spiro atoms. The van der Waals surface area contributed by atoms with E-state index in [1.165, 1.54) is 0 Å². The lowest BCUT2D eigenvalue weighted by Gasteiger charge is -2.50. The summed E-state index contributed by atoms with van der Waals surface area (Å²) in [5, 5.41) is 16.8. The Hall–Kier alpha value is -1.99. The summed E-state index contributed by atoms with van der Waals surface area (Å²) in [5.41, 5.74) is -0.302. The lowest BCUT2D eigenvalue weighted by molar-refractivity contribution is -0.151. The van der Waals surface area contributed by atoms with Gasteiger partial charge in [-0.15, -0.1) is 0 Å². The summed E-state index contributed by atoms with van der Waals surface area (Å²) in [6, 6.07) is 14.1. The van der Waals surface area contributed by atoms with E-state index in [1.54, 1.807) is 48.5 Å². The van der Waals surface area contributed by atoms with E-state index in [4.69, 9.17) is 35.4 Å². The molecule has 1 aliphatic carbocycles. The zero-order chi connectivity index (χ0) is 20.8. The van der Waals surface area contributed by atoms with Gasteiger partial charge in [-0.3, -0.25) is 9.59 Å². The fourth-order valence-corrected chi connectivity index (χ4v) is 5.42. The first-order valence-electron chi connectivity index (χ1n) is 9.19. The predicted octanol–water partition coefficient (Wildman–Crippen LogP) is 3.53. The number of amides is 2. The third-order valence-corrected chi connectivity index (χ3v) is 6.77. The second-order valence-corrected chi connectivity index (χ2v) is 8.60. The summed E-state index contributed by atoms with van der Waals surface area (Å²) in [6.45, 7) is 0. The zero-order valence-electron chi connectivity index (χ0n) is 15.2. The first-order chi connectivity index (χ1) is 13.9. The van der Waals surface area contributed by atoms with E-state index < -0.39 is 35.2 Å². The number of thiocarbonyl (C=S) groups is 1. The van der Waals surface area contributed by atoms with Gasteiger partial charge in [0.2, 0.25) is 11.8 Å². The van der Waals surface area contributed by atoms with E-state index in [-0.39, 0.29) is 18.0 Å². The number of carbonyl (C=O) groups is 2. The summed E-state index contributed by atoms with van der Waals surface area (Å²) >= 11 is 18.0.